The zero-order valence-corrected chi connectivity index (χ0v) is 22.8. The predicted octanol–water partition coefficient (Wildman–Crippen LogP) is 5.04. The van der Waals surface area contributed by atoms with E-state index in [2.05, 4.69) is 21.3 Å². The molecule has 2 N–H and O–H groups in total. The predicted molar refractivity (Wildman–Crippen MR) is 152 cm³/mol. The molecule has 6 heterocycles. The molecule has 1 aromatic carbocycles. The van der Waals surface area contributed by atoms with Crippen LogP contribution in [-0.2, 0) is 9.53 Å². The number of furan rings is 1. The van der Waals surface area contributed by atoms with Crippen LogP contribution < -0.4 is 5.73 Å². The Bertz CT molecular complexity index is 1810. The molecular formula is C30H30N8O3. The van der Waals surface area contributed by atoms with Gasteiger partial charge in [-0.15, -0.1) is 0 Å². The number of nitriles is 1. The number of likely N-dealkylation sites (tertiary alicyclic amines) is 1. The van der Waals surface area contributed by atoms with Gasteiger partial charge in [0.25, 0.3) is 0 Å². The number of amides is 1. The summed E-state index contributed by atoms with van der Waals surface area (Å²) in [7, 11) is 0. The van der Waals surface area contributed by atoms with E-state index in [1.54, 1.807) is 13.1 Å². The summed E-state index contributed by atoms with van der Waals surface area (Å²) in [4.78, 5) is 18.0. The van der Waals surface area contributed by atoms with Gasteiger partial charge in [0.05, 0.1) is 17.8 Å². The number of hydrogen-bond donors (Lipinski definition) is 1. The fourth-order valence-corrected chi connectivity index (χ4v) is 6.05. The fraction of sp³-hybridized carbons (Fsp3) is 0.367. The number of nitrogens with zero attached hydrogens (tertiary/aromatic N) is 7. The molecule has 208 valence electrons. The van der Waals surface area contributed by atoms with Gasteiger partial charge in [0.1, 0.15) is 11.8 Å². The highest BCUT2D eigenvalue weighted by atomic mass is 16.5. The third-order valence-electron chi connectivity index (χ3n) is 8.31. The molecule has 0 bridgehead atoms. The summed E-state index contributed by atoms with van der Waals surface area (Å²) in [6.45, 7) is 3.78. The summed E-state index contributed by atoms with van der Waals surface area (Å²) in [6, 6.07) is 10.3. The third-order valence-corrected chi connectivity index (χ3v) is 8.31. The quantitative estimate of drug-likeness (QED) is 0.328. The Balaban J connectivity index is 1.23. The lowest BCUT2D eigenvalue weighted by Gasteiger charge is -2.31. The summed E-state index contributed by atoms with van der Waals surface area (Å²) in [5, 5.41) is 20.6. The van der Waals surface area contributed by atoms with Crippen LogP contribution in [0.4, 0.5) is 5.82 Å². The minimum Gasteiger partial charge on any atom is -0.452 e. The Morgan fingerprint density at radius 3 is 2.71 bits per heavy atom. The topological polar surface area (TPSA) is 141 Å². The molecule has 2 saturated heterocycles. The smallest absolute Gasteiger partial charge is 0.219 e. The highest BCUT2D eigenvalue weighted by Crippen LogP contribution is 2.38. The second-order valence-corrected chi connectivity index (χ2v) is 10.8. The second kappa shape index (κ2) is 10.1. The van der Waals surface area contributed by atoms with Crippen LogP contribution in [0.15, 0.2) is 47.3 Å². The maximum Gasteiger partial charge on any atom is 0.219 e. The van der Waals surface area contributed by atoms with Crippen molar-refractivity contribution in [3.05, 3.63) is 48.5 Å². The molecule has 2 aliphatic heterocycles. The van der Waals surface area contributed by atoms with Crippen molar-refractivity contribution in [1.82, 2.24) is 29.4 Å². The largest absolute Gasteiger partial charge is 0.452 e. The number of fused-ring (bicyclic) bond motifs is 2. The average molecular weight is 551 g/mol. The zero-order valence-electron chi connectivity index (χ0n) is 22.8. The molecule has 11 heteroatoms. The number of carbonyl (C=O) groups is 1. The van der Waals surface area contributed by atoms with Crippen molar-refractivity contribution < 1.29 is 13.9 Å². The average Bonchev–Trinajstić information content (AvgIpc) is 3.75. The first-order valence-electron chi connectivity index (χ1n) is 14.0. The van der Waals surface area contributed by atoms with E-state index in [4.69, 9.17) is 14.9 Å². The van der Waals surface area contributed by atoms with E-state index >= 15 is 0 Å². The van der Waals surface area contributed by atoms with Crippen LogP contribution in [0.5, 0.6) is 0 Å². The summed E-state index contributed by atoms with van der Waals surface area (Å²) < 4.78 is 16.0. The summed E-state index contributed by atoms with van der Waals surface area (Å²) in [5.74, 6) is 1.04. The second-order valence-electron chi connectivity index (χ2n) is 10.8. The molecule has 5 aromatic rings. The van der Waals surface area contributed by atoms with Crippen molar-refractivity contribution >= 4 is 33.6 Å². The van der Waals surface area contributed by atoms with Gasteiger partial charge in [-0.25, -0.2) is 9.67 Å². The van der Waals surface area contributed by atoms with Gasteiger partial charge in [0.2, 0.25) is 5.91 Å². The maximum absolute atomic E-state index is 11.7. The number of carbonyl (C=O) groups excluding carboxylic acids is 1. The summed E-state index contributed by atoms with van der Waals surface area (Å²) in [6.07, 6.45) is 10.2. The molecule has 41 heavy (non-hydrogen) atoms. The Labute approximate surface area is 236 Å². The van der Waals surface area contributed by atoms with Crippen molar-refractivity contribution in [2.24, 2.45) is 0 Å². The molecule has 7 rings (SSSR count). The normalized spacial score (nSPS) is 18.2. The number of anilines is 1. The van der Waals surface area contributed by atoms with Crippen LogP contribution in [0.3, 0.4) is 0 Å². The van der Waals surface area contributed by atoms with Gasteiger partial charge in [-0.05, 0) is 56.4 Å². The van der Waals surface area contributed by atoms with E-state index in [0.717, 1.165) is 78.2 Å². The first-order chi connectivity index (χ1) is 20.0. The Kier molecular flexibility index (Phi) is 6.20. The number of hydrogen-bond acceptors (Lipinski definition) is 8. The van der Waals surface area contributed by atoms with Crippen LogP contribution in [0.25, 0.3) is 44.3 Å². The lowest BCUT2D eigenvalue weighted by molar-refractivity contribution is -0.130. The number of aromatic nitrogens is 5. The molecule has 1 amide bonds. The molecule has 0 spiro atoms. The summed E-state index contributed by atoms with van der Waals surface area (Å²) in [5.41, 5.74) is 10.6. The zero-order chi connectivity index (χ0) is 28.1. The van der Waals surface area contributed by atoms with Crippen molar-refractivity contribution in [2.45, 2.75) is 51.3 Å². The van der Waals surface area contributed by atoms with E-state index in [1.165, 1.54) is 0 Å². The monoisotopic (exact) mass is 550 g/mol. The molecule has 4 aromatic heterocycles. The van der Waals surface area contributed by atoms with Crippen molar-refractivity contribution in [3.8, 4) is 28.5 Å². The molecule has 11 nitrogen and oxygen atoms in total. The van der Waals surface area contributed by atoms with Gasteiger partial charge >= 0.3 is 0 Å². The van der Waals surface area contributed by atoms with Crippen LogP contribution in [0.2, 0.25) is 0 Å². The van der Waals surface area contributed by atoms with Gasteiger partial charge in [-0.3, -0.25) is 9.48 Å². The molecule has 1 unspecified atom stereocenters. The Morgan fingerprint density at radius 1 is 1.10 bits per heavy atom. The Hall–Kier alpha value is -4.69. The minimum absolute atomic E-state index is 0.116. The third kappa shape index (κ3) is 4.40. The van der Waals surface area contributed by atoms with Crippen LogP contribution in [0.1, 0.15) is 57.0 Å². The van der Waals surface area contributed by atoms with Crippen molar-refractivity contribution in [2.75, 3.05) is 25.4 Å². The number of piperidine rings is 1. The van der Waals surface area contributed by atoms with Gasteiger partial charge in [0.15, 0.2) is 23.3 Å². The van der Waals surface area contributed by atoms with E-state index in [0.29, 0.717) is 29.5 Å². The van der Waals surface area contributed by atoms with Gasteiger partial charge < -0.3 is 19.8 Å². The highest BCUT2D eigenvalue weighted by Gasteiger charge is 2.24. The van der Waals surface area contributed by atoms with Crippen LogP contribution >= 0.6 is 0 Å². The van der Waals surface area contributed by atoms with Gasteiger partial charge in [0, 0.05) is 66.5 Å². The number of benzene rings is 1. The molecular weight excluding hydrogens is 520 g/mol. The number of ether oxygens (including phenoxy) is 1. The first kappa shape index (κ1) is 25.3. The van der Waals surface area contributed by atoms with Gasteiger partial charge in [-0.1, -0.05) is 0 Å². The fourth-order valence-electron chi connectivity index (χ4n) is 6.05. The lowest BCUT2D eigenvalue weighted by Crippen LogP contribution is -2.37. The number of rotatable bonds is 4. The number of nitrogens with two attached hydrogens (primary N) is 1. The van der Waals surface area contributed by atoms with Crippen molar-refractivity contribution in [3.63, 3.8) is 0 Å². The number of pyridine rings is 1. The maximum atomic E-state index is 11.7. The van der Waals surface area contributed by atoms with E-state index in [9.17, 15) is 10.1 Å². The van der Waals surface area contributed by atoms with E-state index < -0.39 is 0 Å². The standard InChI is InChI=1S/C30H30N8O3/c1-18(39)36-9-7-21(8-10-36)37-17-20(15-34-37)24-16-33-30(32)29-22(24)13-27(41-29)19-5-6-26-23(12-19)25(14-31)35-38(26)28-4-2-3-11-40-28/h5-6,12-13,15-17,21,28H,2-4,7-11H2,1H3,(H2,32,33). The Morgan fingerprint density at radius 2 is 1.95 bits per heavy atom. The molecule has 1 atom stereocenters. The van der Waals surface area contributed by atoms with Crippen molar-refractivity contribution in [1.29, 1.82) is 5.26 Å². The molecule has 2 fully saturated rings. The van der Waals surface area contributed by atoms with Gasteiger partial charge in [-0.2, -0.15) is 15.5 Å². The van der Waals surface area contributed by atoms with Crippen LogP contribution in [0, 0.1) is 11.3 Å². The van der Waals surface area contributed by atoms with Crippen LogP contribution in [-0.4, -0.2) is 55.0 Å². The highest BCUT2D eigenvalue weighted by molar-refractivity contribution is 6.00. The lowest BCUT2D eigenvalue weighted by atomic mass is 10.0. The molecule has 2 aliphatic rings. The SMILES string of the molecule is CC(=O)N1CCC(n2cc(-c3cnc(N)c4oc(-c5ccc6c(c5)c(C#N)nn6C5CCCCO5)cc34)cn2)CC1. The molecule has 0 saturated carbocycles. The molecule has 0 radical (unpaired) electrons. The van der Waals surface area contributed by atoms with E-state index in [-0.39, 0.29) is 18.2 Å². The minimum atomic E-state index is -0.165. The molecule has 0 aliphatic carbocycles. The first-order valence-corrected chi connectivity index (χ1v) is 14.0. The number of nitrogen functional groups attached to an aromatic ring is 1. The summed E-state index contributed by atoms with van der Waals surface area (Å²) >= 11 is 0. The van der Waals surface area contributed by atoms with E-state index in [1.807, 2.05) is 50.9 Å².